The Labute approximate surface area is 152 Å². The van der Waals surface area contributed by atoms with Crippen LogP contribution >= 0.6 is 0 Å². The van der Waals surface area contributed by atoms with Gasteiger partial charge >= 0.3 is 6.36 Å². The molecule has 0 spiro atoms. The number of hydrogen-bond acceptors (Lipinski definition) is 4. The van der Waals surface area contributed by atoms with E-state index in [2.05, 4.69) is 14.8 Å². The molecule has 2 N–H and O–H groups in total. The molecule has 1 fully saturated rings. The molecule has 9 heteroatoms. The van der Waals surface area contributed by atoms with Crippen LogP contribution in [0.4, 0.5) is 18.9 Å². The van der Waals surface area contributed by atoms with E-state index in [4.69, 9.17) is 0 Å². The van der Waals surface area contributed by atoms with E-state index in [-0.39, 0.29) is 11.8 Å². The highest BCUT2D eigenvalue weighted by Gasteiger charge is 2.31. The maximum atomic E-state index is 12.1. The van der Waals surface area contributed by atoms with Gasteiger partial charge in [-0.1, -0.05) is 0 Å². The first kappa shape index (κ1) is 20.8. The van der Waals surface area contributed by atoms with Crippen molar-refractivity contribution in [2.24, 2.45) is 5.92 Å². The van der Waals surface area contributed by atoms with Crippen LogP contribution in [0.2, 0.25) is 0 Å². The average molecular weight is 394 g/mol. The van der Waals surface area contributed by atoms with Gasteiger partial charge in [0.05, 0.1) is 5.25 Å². The highest BCUT2D eigenvalue weighted by molar-refractivity contribution is 7.90. The van der Waals surface area contributed by atoms with E-state index in [1.54, 1.807) is 26.0 Å². The average Bonchev–Trinajstić information content (AvgIpc) is 2.54. The molecule has 0 aliphatic heterocycles. The van der Waals surface area contributed by atoms with Gasteiger partial charge in [-0.05, 0) is 69.7 Å². The molecule has 0 bridgehead atoms. The van der Waals surface area contributed by atoms with E-state index in [0.717, 1.165) is 31.4 Å². The van der Waals surface area contributed by atoms with E-state index in [1.807, 2.05) is 0 Å². The van der Waals surface area contributed by atoms with Crippen molar-refractivity contribution in [3.8, 4) is 5.75 Å². The summed E-state index contributed by atoms with van der Waals surface area (Å²) in [4.78, 5) is 0. The number of halogens is 3. The number of benzene rings is 1. The second-order valence-electron chi connectivity index (χ2n) is 6.88. The van der Waals surface area contributed by atoms with Gasteiger partial charge in [0.1, 0.15) is 5.75 Å². The Balaban J connectivity index is 1.75. The molecule has 0 unspecified atom stereocenters. The van der Waals surface area contributed by atoms with Crippen LogP contribution in [0, 0.1) is 5.92 Å². The van der Waals surface area contributed by atoms with Gasteiger partial charge in [0.15, 0.2) is 0 Å². The normalized spacial score (nSPS) is 21.6. The SMILES string of the molecule is CC(C)S(=O)(=O)NC1CCC(CNc2ccc(OC(F)(F)F)cc2)CC1. The molecule has 5 nitrogen and oxygen atoms in total. The number of nitrogens with one attached hydrogen (secondary N) is 2. The lowest BCUT2D eigenvalue weighted by Gasteiger charge is -2.29. The van der Waals surface area contributed by atoms with Crippen LogP contribution in [0.1, 0.15) is 39.5 Å². The van der Waals surface area contributed by atoms with Crippen LogP contribution in [0.3, 0.4) is 0 Å². The third-order valence-electron chi connectivity index (χ3n) is 4.48. The van der Waals surface area contributed by atoms with Crippen molar-refractivity contribution < 1.29 is 26.3 Å². The minimum Gasteiger partial charge on any atom is -0.406 e. The van der Waals surface area contributed by atoms with Crippen molar-refractivity contribution in [3.05, 3.63) is 24.3 Å². The van der Waals surface area contributed by atoms with Gasteiger partial charge in [0.2, 0.25) is 10.0 Å². The molecular weight excluding hydrogens is 369 g/mol. The Hall–Kier alpha value is -1.48. The topological polar surface area (TPSA) is 67.4 Å². The van der Waals surface area contributed by atoms with E-state index < -0.39 is 21.6 Å². The Bertz CT molecular complexity index is 667. The van der Waals surface area contributed by atoms with Gasteiger partial charge < -0.3 is 10.1 Å². The third-order valence-corrected chi connectivity index (χ3v) is 6.38. The van der Waals surface area contributed by atoms with E-state index in [1.165, 1.54) is 12.1 Å². The Morgan fingerprint density at radius 1 is 1.12 bits per heavy atom. The summed E-state index contributed by atoms with van der Waals surface area (Å²) >= 11 is 0. The molecule has 0 radical (unpaired) electrons. The molecule has 1 aliphatic rings. The zero-order valence-electron chi connectivity index (χ0n) is 14.8. The molecule has 148 valence electrons. The van der Waals surface area contributed by atoms with Gasteiger partial charge in [-0.2, -0.15) is 0 Å². The third kappa shape index (κ3) is 6.68. The van der Waals surface area contributed by atoms with Gasteiger partial charge in [0, 0.05) is 18.3 Å². The van der Waals surface area contributed by atoms with Gasteiger partial charge in [-0.3, -0.25) is 0 Å². The highest BCUT2D eigenvalue weighted by Crippen LogP contribution is 2.27. The number of ether oxygens (including phenoxy) is 1. The summed E-state index contributed by atoms with van der Waals surface area (Å²) in [7, 11) is -3.25. The molecule has 0 heterocycles. The summed E-state index contributed by atoms with van der Waals surface area (Å²) < 4.78 is 66.8. The molecule has 2 rings (SSSR count). The molecule has 0 amide bonds. The number of anilines is 1. The zero-order valence-corrected chi connectivity index (χ0v) is 15.7. The van der Waals surface area contributed by atoms with Gasteiger partial charge in [-0.25, -0.2) is 13.1 Å². The smallest absolute Gasteiger partial charge is 0.406 e. The second kappa shape index (κ2) is 8.47. The van der Waals surface area contributed by atoms with Gasteiger partial charge in [0.25, 0.3) is 0 Å². The maximum Gasteiger partial charge on any atom is 0.573 e. The first-order valence-electron chi connectivity index (χ1n) is 8.66. The fraction of sp³-hybridized carbons (Fsp3) is 0.647. The summed E-state index contributed by atoms with van der Waals surface area (Å²) in [5.74, 6) is 0.155. The van der Waals surface area contributed by atoms with Gasteiger partial charge in [-0.15, -0.1) is 13.2 Å². The summed E-state index contributed by atoms with van der Waals surface area (Å²) in [5, 5.41) is 2.77. The fourth-order valence-corrected chi connectivity index (χ4v) is 3.86. The molecule has 0 atom stereocenters. The Morgan fingerprint density at radius 3 is 2.19 bits per heavy atom. The van der Waals surface area contributed by atoms with Crippen LogP contribution in [0.25, 0.3) is 0 Å². The molecule has 1 aliphatic carbocycles. The number of rotatable bonds is 7. The van der Waals surface area contributed by atoms with Crippen molar-refractivity contribution in [2.45, 2.75) is 57.2 Å². The van der Waals surface area contributed by atoms with Crippen LogP contribution in [-0.2, 0) is 10.0 Å². The minimum atomic E-state index is -4.69. The first-order chi connectivity index (χ1) is 12.0. The quantitative estimate of drug-likeness (QED) is 0.736. The number of hydrogen-bond donors (Lipinski definition) is 2. The summed E-state index contributed by atoms with van der Waals surface area (Å²) in [6.45, 7) is 4.01. The van der Waals surface area contributed by atoms with E-state index >= 15 is 0 Å². The maximum absolute atomic E-state index is 12.1. The van der Waals surface area contributed by atoms with Crippen LogP contribution in [0.15, 0.2) is 24.3 Å². The summed E-state index contributed by atoms with van der Waals surface area (Å²) in [6.07, 6.45) is -1.32. The van der Waals surface area contributed by atoms with Crippen molar-refractivity contribution in [1.82, 2.24) is 4.72 Å². The zero-order chi connectivity index (χ0) is 19.4. The Morgan fingerprint density at radius 2 is 1.69 bits per heavy atom. The van der Waals surface area contributed by atoms with E-state index in [0.29, 0.717) is 12.5 Å². The summed E-state index contributed by atoms with van der Waals surface area (Å²) in [6, 6.07) is 5.62. The standard InChI is InChI=1S/C17H25F3N2O3S/c1-12(2)26(23,24)22-15-5-3-13(4-6-15)11-21-14-7-9-16(10-8-14)25-17(18,19)20/h7-10,12-13,15,21-22H,3-6,11H2,1-2H3. The lowest BCUT2D eigenvalue weighted by Crippen LogP contribution is -2.41. The van der Waals surface area contributed by atoms with E-state index in [9.17, 15) is 21.6 Å². The molecule has 0 saturated heterocycles. The monoisotopic (exact) mass is 394 g/mol. The predicted octanol–water partition coefficient (Wildman–Crippen LogP) is 3.88. The predicted molar refractivity (Wildman–Crippen MR) is 94.6 cm³/mol. The van der Waals surface area contributed by atoms with Crippen LogP contribution in [-0.4, -0.2) is 32.6 Å². The second-order valence-corrected chi connectivity index (χ2v) is 9.15. The van der Waals surface area contributed by atoms with Crippen LogP contribution < -0.4 is 14.8 Å². The molecular formula is C17H25F3N2O3S. The number of sulfonamides is 1. The van der Waals surface area contributed by atoms with Crippen molar-refractivity contribution in [1.29, 1.82) is 0 Å². The molecule has 26 heavy (non-hydrogen) atoms. The molecule has 0 aromatic heterocycles. The number of alkyl halides is 3. The Kier molecular flexibility index (Phi) is 6.79. The fourth-order valence-electron chi connectivity index (χ4n) is 2.89. The molecule has 1 aromatic rings. The molecule has 1 aromatic carbocycles. The van der Waals surface area contributed by atoms with Crippen LogP contribution in [0.5, 0.6) is 5.75 Å². The van der Waals surface area contributed by atoms with Crippen molar-refractivity contribution in [3.63, 3.8) is 0 Å². The van der Waals surface area contributed by atoms with Crippen molar-refractivity contribution in [2.75, 3.05) is 11.9 Å². The lowest BCUT2D eigenvalue weighted by atomic mass is 9.86. The first-order valence-corrected chi connectivity index (χ1v) is 10.2. The minimum absolute atomic E-state index is 0.0162. The summed E-state index contributed by atoms with van der Waals surface area (Å²) in [5.41, 5.74) is 0.724. The molecule has 1 saturated carbocycles. The lowest BCUT2D eigenvalue weighted by molar-refractivity contribution is -0.274. The largest absolute Gasteiger partial charge is 0.573 e. The highest BCUT2D eigenvalue weighted by atomic mass is 32.2. The van der Waals surface area contributed by atoms with Crippen molar-refractivity contribution >= 4 is 15.7 Å².